The molecule has 12 nitrogen and oxygen atoms in total. The molecule has 0 saturated carbocycles. The SMILES string of the molecule is CC(C)[C@H]1C(=O)Nc2c(O)c3c(c(F)c2CN1C)CC1C[C@H]2[C@H](N(C)C)C(O)=C(C(N)=O)C(=O)[C@@]2(O)C(O)=C1C3=O. The predicted octanol–water partition coefficient (Wildman–Crippen LogP) is 0.668. The summed E-state index contributed by atoms with van der Waals surface area (Å²) in [4.78, 5) is 55.5. The number of Topliss-reactive ketones (excluding diaryl/α,β-unsaturated/α-hetero) is 2. The molecule has 1 unspecified atom stereocenters. The number of nitrogens with zero attached hydrogens (tertiary/aromatic N) is 2. The summed E-state index contributed by atoms with van der Waals surface area (Å²) in [6.07, 6.45) is -0.346. The molecule has 5 atom stereocenters. The third kappa shape index (κ3) is 3.75. The first-order chi connectivity index (χ1) is 19.0. The van der Waals surface area contributed by atoms with Gasteiger partial charge in [0.05, 0.1) is 23.3 Å². The average Bonchev–Trinajstić information content (AvgIpc) is 2.99. The second-order valence-corrected chi connectivity index (χ2v) is 11.9. The molecule has 0 spiro atoms. The highest BCUT2D eigenvalue weighted by molar-refractivity contribution is 6.25. The maximum atomic E-state index is 16.2. The number of fused-ring (bicyclic) bond motifs is 4. The second kappa shape index (κ2) is 9.36. The van der Waals surface area contributed by atoms with Crippen LogP contribution in [0.3, 0.4) is 0 Å². The van der Waals surface area contributed by atoms with Crippen molar-refractivity contribution < 1.29 is 44.0 Å². The highest BCUT2D eigenvalue weighted by atomic mass is 19.1. The fraction of sp³-hybridized carbons (Fsp3) is 0.500. The Bertz CT molecular complexity index is 1500. The number of allylic oxidation sites excluding steroid dienone is 1. The van der Waals surface area contributed by atoms with Gasteiger partial charge in [0.15, 0.2) is 17.1 Å². The number of primary amides is 1. The minimum absolute atomic E-state index is 0.00251. The number of nitrogens with one attached hydrogen (secondary N) is 1. The quantitative estimate of drug-likeness (QED) is 0.221. The lowest BCUT2D eigenvalue weighted by Gasteiger charge is -2.50. The van der Waals surface area contributed by atoms with E-state index in [0.717, 1.165) is 0 Å². The van der Waals surface area contributed by atoms with E-state index in [1.807, 2.05) is 13.8 Å². The number of benzene rings is 1. The van der Waals surface area contributed by atoms with E-state index in [4.69, 9.17) is 5.73 Å². The average molecular weight is 573 g/mol. The summed E-state index contributed by atoms with van der Waals surface area (Å²) in [6, 6.07) is -1.79. The third-order valence-electron chi connectivity index (χ3n) is 8.95. The fourth-order valence-corrected chi connectivity index (χ4v) is 7.24. The number of carbonyl (C=O) groups is 4. The van der Waals surface area contributed by atoms with E-state index in [2.05, 4.69) is 5.32 Å². The van der Waals surface area contributed by atoms with Crippen molar-refractivity contribution in [3.05, 3.63) is 45.2 Å². The highest BCUT2D eigenvalue weighted by Crippen LogP contribution is 2.53. The van der Waals surface area contributed by atoms with Crippen LogP contribution >= 0.6 is 0 Å². The van der Waals surface area contributed by atoms with Gasteiger partial charge in [0.2, 0.25) is 11.7 Å². The number of phenols is 1. The monoisotopic (exact) mass is 572 g/mol. The largest absolute Gasteiger partial charge is 0.510 e. The smallest absolute Gasteiger partial charge is 0.255 e. The van der Waals surface area contributed by atoms with Gasteiger partial charge in [0, 0.05) is 29.2 Å². The molecular weight excluding hydrogens is 539 g/mol. The predicted molar refractivity (Wildman–Crippen MR) is 142 cm³/mol. The first-order valence-corrected chi connectivity index (χ1v) is 13.3. The summed E-state index contributed by atoms with van der Waals surface area (Å²) >= 11 is 0. The molecule has 4 aliphatic rings. The van der Waals surface area contributed by atoms with E-state index >= 15 is 4.39 Å². The molecule has 220 valence electrons. The van der Waals surface area contributed by atoms with Crippen molar-refractivity contribution in [2.24, 2.45) is 23.5 Å². The molecule has 0 radical (unpaired) electrons. The van der Waals surface area contributed by atoms with Gasteiger partial charge in [-0.05, 0) is 45.8 Å². The van der Waals surface area contributed by atoms with Crippen LogP contribution in [0.1, 0.15) is 41.8 Å². The van der Waals surface area contributed by atoms with Gasteiger partial charge in [-0.3, -0.25) is 29.0 Å². The second-order valence-electron chi connectivity index (χ2n) is 11.9. The van der Waals surface area contributed by atoms with Crippen LogP contribution < -0.4 is 11.1 Å². The van der Waals surface area contributed by atoms with Gasteiger partial charge >= 0.3 is 0 Å². The van der Waals surface area contributed by atoms with Crippen LogP contribution in [0.5, 0.6) is 5.75 Å². The summed E-state index contributed by atoms with van der Waals surface area (Å²) in [5.74, 6) is -9.70. The number of ketones is 2. The number of likely N-dealkylation sites (N-methyl/N-ethyl adjacent to an activating group) is 2. The molecule has 0 aromatic heterocycles. The molecule has 41 heavy (non-hydrogen) atoms. The van der Waals surface area contributed by atoms with Gasteiger partial charge < -0.3 is 31.5 Å². The number of anilines is 1. The number of nitrogens with two attached hydrogens (primary N) is 1. The minimum Gasteiger partial charge on any atom is -0.510 e. The topological polar surface area (TPSA) is 194 Å². The standard InChI is InChI=1S/C28H33FN4O8/c1-9(2)19-27(40)31-18-12(8-33(19)5)17(29)11-6-10-7-13-20(32(3)4)23(36)16(26(30)39)25(38)28(13,41)24(37)14(10)21(34)15(11)22(18)35/h9-10,13,19-20,35-37,41H,6-8H2,1-5H3,(H2,30,39)(H,31,40)/t10?,13-,19-,20-,28-/m0/s1. The van der Waals surface area contributed by atoms with Crippen molar-refractivity contribution >= 4 is 29.1 Å². The molecule has 1 aliphatic heterocycles. The van der Waals surface area contributed by atoms with Crippen molar-refractivity contribution in [3.8, 4) is 5.75 Å². The number of carbonyl (C=O) groups excluding carboxylic acids is 4. The van der Waals surface area contributed by atoms with Crippen LogP contribution in [-0.2, 0) is 27.3 Å². The lowest BCUT2D eigenvalue weighted by molar-refractivity contribution is -0.148. The van der Waals surface area contributed by atoms with E-state index in [0.29, 0.717) is 0 Å². The van der Waals surface area contributed by atoms with E-state index in [9.17, 15) is 39.6 Å². The summed E-state index contributed by atoms with van der Waals surface area (Å²) in [6.45, 7) is 3.61. The molecule has 7 N–H and O–H groups in total. The lowest BCUT2D eigenvalue weighted by Crippen LogP contribution is -2.63. The zero-order chi connectivity index (χ0) is 30.5. The molecule has 1 heterocycles. The number of halogens is 1. The van der Waals surface area contributed by atoms with Crippen molar-refractivity contribution in [3.63, 3.8) is 0 Å². The van der Waals surface area contributed by atoms with Gasteiger partial charge in [-0.1, -0.05) is 13.8 Å². The Hall–Kier alpha value is -3.81. The lowest BCUT2D eigenvalue weighted by atomic mass is 9.58. The fourth-order valence-electron chi connectivity index (χ4n) is 7.24. The molecule has 5 rings (SSSR count). The van der Waals surface area contributed by atoms with Gasteiger partial charge in [-0.2, -0.15) is 0 Å². The zero-order valence-corrected chi connectivity index (χ0v) is 23.3. The molecular formula is C28H33FN4O8. The molecule has 13 heteroatoms. The molecule has 3 aliphatic carbocycles. The number of phenolic OH excluding ortho intramolecular Hbond substituents is 1. The zero-order valence-electron chi connectivity index (χ0n) is 23.3. The molecule has 2 amide bonds. The van der Waals surface area contributed by atoms with Crippen LogP contribution in [0.15, 0.2) is 22.7 Å². The Morgan fingerprint density at radius 2 is 1.80 bits per heavy atom. The normalized spacial score (nSPS) is 30.1. The van der Waals surface area contributed by atoms with Crippen LogP contribution in [0.2, 0.25) is 0 Å². The van der Waals surface area contributed by atoms with Crippen LogP contribution in [0, 0.1) is 23.6 Å². The number of rotatable bonds is 3. The van der Waals surface area contributed by atoms with Gasteiger partial charge in [-0.25, -0.2) is 4.39 Å². The van der Waals surface area contributed by atoms with Crippen molar-refractivity contribution in [1.29, 1.82) is 0 Å². The molecule has 1 aromatic rings. The number of amides is 2. The van der Waals surface area contributed by atoms with E-state index in [-0.39, 0.29) is 42.1 Å². The molecule has 0 bridgehead atoms. The van der Waals surface area contributed by atoms with Gasteiger partial charge in [0.1, 0.15) is 22.9 Å². The summed E-state index contributed by atoms with van der Waals surface area (Å²) in [7, 11) is 4.70. The van der Waals surface area contributed by atoms with Crippen LogP contribution in [0.4, 0.5) is 10.1 Å². The Morgan fingerprint density at radius 1 is 1.17 bits per heavy atom. The summed E-state index contributed by atoms with van der Waals surface area (Å²) in [5, 5.41) is 47.7. The van der Waals surface area contributed by atoms with E-state index in [1.165, 1.54) is 19.0 Å². The van der Waals surface area contributed by atoms with Crippen molar-refractivity contribution in [2.75, 3.05) is 26.5 Å². The first kappa shape index (κ1) is 28.7. The maximum absolute atomic E-state index is 16.2. The van der Waals surface area contributed by atoms with Gasteiger partial charge in [0.25, 0.3) is 5.91 Å². The first-order valence-electron chi connectivity index (χ1n) is 13.3. The highest BCUT2D eigenvalue weighted by Gasteiger charge is 2.63. The Morgan fingerprint density at radius 3 is 2.37 bits per heavy atom. The molecule has 0 saturated heterocycles. The summed E-state index contributed by atoms with van der Waals surface area (Å²) < 4.78 is 16.2. The Balaban J connectivity index is 1.71. The Kier molecular flexibility index (Phi) is 6.56. The van der Waals surface area contributed by atoms with Crippen LogP contribution in [-0.4, -0.2) is 92.4 Å². The maximum Gasteiger partial charge on any atom is 0.255 e. The van der Waals surface area contributed by atoms with Crippen molar-refractivity contribution in [2.45, 2.75) is 50.9 Å². The molecule has 1 aromatic carbocycles. The third-order valence-corrected chi connectivity index (χ3v) is 8.95. The Labute approximate surface area is 234 Å². The van der Waals surface area contributed by atoms with Gasteiger partial charge in [-0.15, -0.1) is 0 Å². The number of aromatic hydroxyl groups is 1. The number of hydrogen-bond donors (Lipinski definition) is 6. The van der Waals surface area contributed by atoms with E-state index in [1.54, 1.807) is 11.9 Å². The van der Waals surface area contributed by atoms with Crippen LogP contribution in [0.25, 0.3) is 0 Å². The number of aliphatic hydroxyl groups is 3. The molecule has 0 fully saturated rings. The number of aliphatic hydroxyl groups excluding tert-OH is 2. The van der Waals surface area contributed by atoms with E-state index < -0.39 is 92.7 Å². The summed E-state index contributed by atoms with van der Waals surface area (Å²) in [5.41, 5.74) is 0.351. The minimum atomic E-state index is -2.80. The number of hydrogen-bond acceptors (Lipinski definition) is 10. The van der Waals surface area contributed by atoms with Crippen molar-refractivity contribution in [1.82, 2.24) is 9.80 Å².